The molecule has 0 spiro atoms. The molecule has 0 bridgehead atoms. The van der Waals surface area contributed by atoms with Crippen molar-refractivity contribution in [1.29, 1.82) is 5.26 Å². The first-order chi connectivity index (χ1) is 20.6. The number of likely N-dealkylation sites (tertiary alicyclic amines) is 1. The van der Waals surface area contributed by atoms with E-state index in [9.17, 15) is 24.0 Å². The van der Waals surface area contributed by atoms with Crippen molar-refractivity contribution in [3.8, 4) is 34.3 Å². The molecular formula is C32H29FN6O4. The van der Waals surface area contributed by atoms with Gasteiger partial charge in [0.05, 0.1) is 30.1 Å². The van der Waals surface area contributed by atoms with Gasteiger partial charge >= 0.3 is 0 Å². The monoisotopic (exact) mass is 580 g/mol. The van der Waals surface area contributed by atoms with E-state index in [1.165, 1.54) is 29.9 Å². The highest BCUT2D eigenvalue weighted by molar-refractivity contribution is 6.07. The van der Waals surface area contributed by atoms with E-state index in [2.05, 4.69) is 11.4 Å². The predicted octanol–water partition coefficient (Wildman–Crippen LogP) is 4.39. The summed E-state index contributed by atoms with van der Waals surface area (Å²) in [5, 5.41) is 12.6. The molecule has 218 valence electrons. The molecular weight excluding hydrogens is 551 g/mol. The van der Waals surface area contributed by atoms with Gasteiger partial charge in [0, 0.05) is 37.5 Å². The summed E-state index contributed by atoms with van der Waals surface area (Å²) in [6, 6.07) is 14.8. The van der Waals surface area contributed by atoms with Crippen LogP contribution >= 0.6 is 0 Å². The Balaban J connectivity index is 1.52. The smallest absolute Gasteiger partial charge is 0.291 e. The number of anilines is 1. The number of hydrogen-bond acceptors (Lipinski definition) is 6. The molecule has 2 aliphatic heterocycles. The minimum absolute atomic E-state index is 0.117. The quantitative estimate of drug-likeness (QED) is 0.374. The average molecular weight is 581 g/mol. The molecule has 1 fully saturated rings. The first-order valence-electron chi connectivity index (χ1n) is 13.9. The Hall–Kier alpha value is -5.24. The first kappa shape index (κ1) is 27.9. The SMILES string of the molecule is COc1cc2c(cc1C(=O)Nc1cccn(C)c1=O)-c1c(-c3ccc(F)cc3)nc(C(=O)N3CCC[C@]3(C)C#N)n1CC2. The maximum Gasteiger partial charge on any atom is 0.291 e. The molecule has 0 saturated carbocycles. The fourth-order valence-electron chi connectivity index (χ4n) is 5.95. The number of nitrogens with one attached hydrogen (secondary N) is 1. The Kier molecular flexibility index (Phi) is 6.85. The number of imidazole rings is 1. The largest absolute Gasteiger partial charge is 0.496 e. The van der Waals surface area contributed by atoms with Gasteiger partial charge < -0.3 is 24.1 Å². The number of hydrogen-bond donors (Lipinski definition) is 1. The molecule has 11 heteroatoms. The number of fused-ring (bicyclic) bond motifs is 3. The highest BCUT2D eigenvalue weighted by Gasteiger charge is 2.42. The van der Waals surface area contributed by atoms with Gasteiger partial charge in [0.15, 0.2) is 5.82 Å². The summed E-state index contributed by atoms with van der Waals surface area (Å²) in [6.07, 6.45) is 3.39. The van der Waals surface area contributed by atoms with Gasteiger partial charge in [-0.15, -0.1) is 0 Å². The maximum absolute atomic E-state index is 14.0. The third kappa shape index (κ3) is 4.65. The lowest BCUT2D eigenvalue weighted by Gasteiger charge is -2.29. The van der Waals surface area contributed by atoms with Gasteiger partial charge in [0.2, 0.25) is 0 Å². The van der Waals surface area contributed by atoms with Crippen molar-refractivity contribution in [3.63, 3.8) is 0 Å². The molecule has 1 atom stereocenters. The van der Waals surface area contributed by atoms with Crippen LogP contribution in [0.5, 0.6) is 5.75 Å². The number of ether oxygens (including phenoxy) is 1. The molecule has 2 aromatic heterocycles. The van der Waals surface area contributed by atoms with Gasteiger partial charge in [0.25, 0.3) is 17.4 Å². The zero-order valence-corrected chi connectivity index (χ0v) is 24.0. The number of methoxy groups -OCH3 is 1. The number of pyridine rings is 1. The summed E-state index contributed by atoms with van der Waals surface area (Å²) in [7, 11) is 3.06. The maximum atomic E-state index is 14.0. The van der Waals surface area contributed by atoms with Gasteiger partial charge in [-0.3, -0.25) is 14.4 Å². The van der Waals surface area contributed by atoms with Crippen molar-refractivity contribution in [2.45, 2.75) is 38.3 Å². The average Bonchev–Trinajstić information content (AvgIpc) is 3.60. The van der Waals surface area contributed by atoms with E-state index in [0.29, 0.717) is 60.6 Å². The van der Waals surface area contributed by atoms with Crippen molar-refractivity contribution in [1.82, 2.24) is 19.0 Å². The van der Waals surface area contributed by atoms with E-state index in [1.54, 1.807) is 55.4 Å². The number of carbonyl (C=O) groups excluding carboxylic acids is 2. The Bertz CT molecular complexity index is 1890. The molecule has 0 unspecified atom stereocenters. The van der Waals surface area contributed by atoms with Gasteiger partial charge in [-0.25, -0.2) is 9.37 Å². The summed E-state index contributed by atoms with van der Waals surface area (Å²) < 4.78 is 22.7. The van der Waals surface area contributed by atoms with Crippen LogP contribution in [0.2, 0.25) is 0 Å². The molecule has 6 rings (SSSR count). The zero-order valence-electron chi connectivity index (χ0n) is 24.0. The zero-order chi connectivity index (χ0) is 30.5. The third-order valence-corrected chi connectivity index (χ3v) is 8.30. The normalized spacial score (nSPS) is 17.1. The van der Waals surface area contributed by atoms with Gasteiger partial charge in [-0.2, -0.15) is 5.26 Å². The molecule has 2 amide bonds. The molecule has 2 aromatic carbocycles. The van der Waals surface area contributed by atoms with Gasteiger partial charge in [-0.05, 0) is 80.3 Å². The number of amides is 2. The first-order valence-corrected chi connectivity index (χ1v) is 13.9. The molecule has 10 nitrogen and oxygen atoms in total. The lowest BCUT2D eigenvalue weighted by atomic mass is 9.92. The van der Waals surface area contributed by atoms with Crippen LogP contribution in [-0.4, -0.2) is 50.0 Å². The number of aryl methyl sites for hydroxylation is 2. The fourth-order valence-corrected chi connectivity index (χ4v) is 5.95. The number of halogens is 1. The summed E-state index contributed by atoms with van der Waals surface area (Å²) in [6.45, 7) is 2.61. The Morgan fingerprint density at radius 1 is 1.16 bits per heavy atom. The van der Waals surface area contributed by atoms with Crippen LogP contribution in [-0.2, 0) is 20.0 Å². The second-order valence-corrected chi connectivity index (χ2v) is 11.0. The number of carbonyl (C=O) groups is 2. The number of rotatable bonds is 5. The third-order valence-electron chi connectivity index (χ3n) is 8.30. The molecule has 0 aliphatic carbocycles. The van der Waals surface area contributed by atoms with Crippen molar-refractivity contribution in [2.75, 3.05) is 19.0 Å². The van der Waals surface area contributed by atoms with Crippen molar-refractivity contribution < 1.29 is 18.7 Å². The van der Waals surface area contributed by atoms with Crippen LogP contribution in [0.3, 0.4) is 0 Å². The minimum Gasteiger partial charge on any atom is -0.496 e. The number of aromatic nitrogens is 3. The highest BCUT2D eigenvalue weighted by atomic mass is 19.1. The van der Waals surface area contributed by atoms with E-state index >= 15 is 0 Å². The molecule has 2 aliphatic rings. The van der Waals surface area contributed by atoms with Crippen LogP contribution in [0, 0.1) is 17.1 Å². The number of nitriles is 1. The second kappa shape index (κ2) is 10.5. The summed E-state index contributed by atoms with van der Waals surface area (Å²) in [5.41, 5.74) is 2.18. The molecule has 43 heavy (non-hydrogen) atoms. The van der Waals surface area contributed by atoms with Gasteiger partial charge in [0.1, 0.15) is 22.8 Å². The van der Waals surface area contributed by atoms with Crippen molar-refractivity contribution in [3.05, 3.63) is 87.9 Å². The van der Waals surface area contributed by atoms with Crippen molar-refractivity contribution in [2.24, 2.45) is 7.05 Å². The van der Waals surface area contributed by atoms with Crippen LogP contribution < -0.4 is 15.6 Å². The summed E-state index contributed by atoms with van der Waals surface area (Å²) >= 11 is 0. The Morgan fingerprint density at radius 3 is 2.65 bits per heavy atom. The van der Waals surface area contributed by atoms with Gasteiger partial charge in [-0.1, -0.05) is 0 Å². The van der Waals surface area contributed by atoms with Crippen LogP contribution in [0.15, 0.2) is 59.5 Å². The van der Waals surface area contributed by atoms with E-state index in [-0.39, 0.29) is 28.5 Å². The Morgan fingerprint density at radius 2 is 1.93 bits per heavy atom. The van der Waals surface area contributed by atoms with Crippen LogP contribution in [0.4, 0.5) is 10.1 Å². The highest BCUT2D eigenvalue weighted by Crippen LogP contribution is 2.42. The predicted molar refractivity (Wildman–Crippen MR) is 157 cm³/mol. The molecule has 0 radical (unpaired) electrons. The lowest BCUT2D eigenvalue weighted by Crippen LogP contribution is -2.45. The number of nitrogens with zero attached hydrogens (tertiary/aromatic N) is 5. The number of benzene rings is 2. The lowest BCUT2D eigenvalue weighted by molar-refractivity contribution is 0.0675. The molecule has 4 aromatic rings. The second-order valence-electron chi connectivity index (χ2n) is 11.0. The van der Waals surface area contributed by atoms with E-state index in [4.69, 9.17) is 9.72 Å². The minimum atomic E-state index is -0.945. The van der Waals surface area contributed by atoms with Crippen molar-refractivity contribution >= 4 is 17.5 Å². The fraction of sp³-hybridized carbons (Fsp3) is 0.281. The molecule has 4 heterocycles. The topological polar surface area (TPSA) is 122 Å². The molecule has 1 saturated heterocycles. The van der Waals surface area contributed by atoms with E-state index < -0.39 is 17.3 Å². The molecule has 1 N–H and O–H groups in total. The van der Waals surface area contributed by atoms with E-state index in [1.807, 2.05) is 4.57 Å². The van der Waals surface area contributed by atoms with Crippen LogP contribution in [0.25, 0.3) is 22.5 Å². The van der Waals surface area contributed by atoms with E-state index in [0.717, 1.165) is 5.56 Å². The summed E-state index contributed by atoms with van der Waals surface area (Å²) in [5.74, 6) is -0.797. The standard InChI is InChI=1S/C32H29FN6O4/c1-32(18-34)12-5-14-39(32)31(42)28-36-26(19-7-9-21(33)10-8-19)27-22-17-23(25(43-3)16-20(22)11-15-38(27)28)29(40)35-24-6-4-13-37(2)30(24)41/h4,6-10,13,16-17H,5,11-12,14-15H2,1-3H3,(H,35,40)/t32-/m1/s1. The Labute approximate surface area is 247 Å². The summed E-state index contributed by atoms with van der Waals surface area (Å²) in [4.78, 5) is 46.5. The van der Waals surface area contributed by atoms with Crippen LogP contribution in [0.1, 0.15) is 46.3 Å².